The van der Waals surface area contributed by atoms with E-state index in [9.17, 15) is 4.39 Å². The molecule has 2 heterocycles. The molecule has 0 atom stereocenters. The van der Waals surface area contributed by atoms with E-state index in [0.717, 1.165) is 42.6 Å². The fourth-order valence-electron chi connectivity index (χ4n) is 2.58. The minimum Gasteiger partial charge on any atom is -0.489 e. The number of hydrogen-bond donors (Lipinski definition) is 1. The monoisotopic (exact) mass is 399 g/mol. The summed E-state index contributed by atoms with van der Waals surface area (Å²) in [5.74, 6) is 0.679. The average molecular weight is 400 g/mol. The van der Waals surface area contributed by atoms with Crippen molar-refractivity contribution in [3.8, 4) is 16.3 Å². The number of rotatable bonds is 6. The van der Waals surface area contributed by atoms with Gasteiger partial charge in [0, 0.05) is 30.8 Å². The van der Waals surface area contributed by atoms with Crippen molar-refractivity contribution in [2.24, 2.45) is 5.73 Å². The summed E-state index contributed by atoms with van der Waals surface area (Å²) < 4.78 is 23.5. The number of ether oxygens (including phenoxy) is 2. The molecule has 5 nitrogen and oxygen atoms in total. The van der Waals surface area contributed by atoms with Crippen LogP contribution in [0.25, 0.3) is 10.6 Å². The Kier molecular flexibility index (Phi) is 7.84. The minimum absolute atomic E-state index is 0. The molecular weight excluding hydrogens is 377 g/mol. The first-order valence-electron chi connectivity index (χ1n) is 8.23. The molecule has 1 aliphatic rings. The second-order valence-electron chi connectivity index (χ2n) is 5.79. The zero-order chi connectivity index (χ0) is 17.6. The first-order valence-corrected chi connectivity index (χ1v) is 9.04. The molecule has 8 heteroatoms. The van der Waals surface area contributed by atoms with Gasteiger partial charge in [-0.15, -0.1) is 12.4 Å². The molecule has 1 aromatic heterocycles. The van der Waals surface area contributed by atoms with E-state index >= 15 is 0 Å². The van der Waals surface area contributed by atoms with Crippen molar-refractivity contribution >= 4 is 28.7 Å². The van der Waals surface area contributed by atoms with Crippen LogP contribution in [0.5, 0.6) is 5.75 Å². The zero-order valence-electron chi connectivity index (χ0n) is 14.6. The highest BCUT2D eigenvalue weighted by atomic mass is 35.5. The summed E-state index contributed by atoms with van der Waals surface area (Å²) >= 11 is 1.69. The standard InChI is InChI=1S/C18H22FN3O2S.ClH/c1-13-18(22-6-8-23-9-7-22)25-17(21-13)15-2-4-16(5-3-15)24-12-14(10-19)11-20;/h2-5,10H,6-9,11-12,20H2,1H3;1H/b14-10+;. The van der Waals surface area contributed by atoms with Crippen LogP contribution >= 0.6 is 23.7 Å². The predicted molar refractivity (Wildman–Crippen MR) is 106 cm³/mol. The molecule has 0 aliphatic carbocycles. The van der Waals surface area contributed by atoms with Crippen LogP contribution < -0.4 is 15.4 Å². The van der Waals surface area contributed by atoms with E-state index in [2.05, 4.69) is 4.90 Å². The number of aryl methyl sites for hydroxylation is 1. The first-order chi connectivity index (χ1) is 12.2. The minimum atomic E-state index is 0. The molecule has 0 unspecified atom stereocenters. The lowest BCUT2D eigenvalue weighted by Gasteiger charge is -2.27. The Hall–Kier alpha value is -1.67. The largest absolute Gasteiger partial charge is 0.489 e. The average Bonchev–Trinajstić information content (AvgIpc) is 3.05. The third-order valence-electron chi connectivity index (χ3n) is 4.01. The number of halogens is 2. The molecule has 0 amide bonds. The van der Waals surface area contributed by atoms with Crippen LogP contribution in [0.1, 0.15) is 5.69 Å². The Morgan fingerprint density at radius 2 is 2.04 bits per heavy atom. The van der Waals surface area contributed by atoms with E-state index in [1.807, 2.05) is 31.2 Å². The predicted octanol–water partition coefficient (Wildman–Crippen LogP) is 3.57. The summed E-state index contributed by atoms with van der Waals surface area (Å²) in [6, 6.07) is 7.68. The lowest BCUT2D eigenvalue weighted by Crippen LogP contribution is -2.36. The maximum absolute atomic E-state index is 12.5. The molecule has 0 radical (unpaired) electrons. The number of nitrogens with zero attached hydrogens (tertiary/aromatic N) is 2. The van der Waals surface area contributed by atoms with Crippen molar-refractivity contribution in [2.45, 2.75) is 6.92 Å². The molecule has 1 aromatic carbocycles. The molecule has 2 aromatic rings. The normalized spacial score (nSPS) is 14.9. The molecule has 2 N–H and O–H groups in total. The Morgan fingerprint density at radius 3 is 2.65 bits per heavy atom. The smallest absolute Gasteiger partial charge is 0.125 e. The van der Waals surface area contributed by atoms with E-state index in [1.165, 1.54) is 5.00 Å². The Morgan fingerprint density at radius 1 is 1.35 bits per heavy atom. The van der Waals surface area contributed by atoms with Crippen LogP contribution in [0.15, 0.2) is 36.2 Å². The van der Waals surface area contributed by atoms with Gasteiger partial charge in [-0.3, -0.25) is 0 Å². The molecule has 1 saturated heterocycles. The number of hydrogen-bond acceptors (Lipinski definition) is 6. The summed E-state index contributed by atoms with van der Waals surface area (Å²) in [6.45, 7) is 5.68. The third-order valence-corrected chi connectivity index (χ3v) is 5.28. The van der Waals surface area contributed by atoms with Crippen LogP contribution in [-0.2, 0) is 4.74 Å². The van der Waals surface area contributed by atoms with E-state index < -0.39 is 0 Å². The summed E-state index contributed by atoms with van der Waals surface area (Å²) in [7, 11) is 0. The van der Waals surface area contributed by atoms with Crippen molar-refractivity contribution in [1.29, 1.82) is 0 Å². The third kappa shape index (κ3) is 4.94. The van der Waals surface area contributed by atoms with Crippen molar-refractivity contribution in [3.63, 3.8) is 0 Å². The van der Waals surface area contributed by atoms with Crippen LogP contribution in [-0.4, -0.2) is 44.4 Å². The molecule has 1 aliphatic heterocycles. The number of nitrogens with two attached hydrogens (primary N) is 1. The van der Waals surface area contributed by atoms with E-state index in [4.69, 9.17) is 20.2 Å². The number of thiazole rings is 1. The van der Waals surface area contributed by atoms with Gasteiger partial charge in [0.25, 0.3) is 0 Å². The number of aromatic nitrogens is 1. The second kappa shape index (κ2) is 9.87. The summed E-state index contributed by atoms with van der Waals surface area (Å²) in [5, 5.41) is 2.19. The Bertz CT molecular complexity index is 731. The van der Waals surface area contributed by atoms with Gasteiger partial charge in [-0.1, -0.05) is 11.3 Å². The van der Waals surface area contributed by atoms with E-state index in [0.29, 0.717) is 17.7 Å². The van der Waals surface area contributed by atoms with Crippen LogP contribution in [0.4, 0.5) is 9.39 Å². The Labute approximate surface area is 163 Å². The fraction of sp³-hybridized carbons (Fsp3) is 0.389. The lowest BCUT2D eigenvalue weighted by atomic mass is 10.2. The van der Waals surface area contributed by atoms with Crippen LogP contribution in [0.3, 0.4) is 0 Å². The SMILES string of the molecule is Cc1nc(-c2ccc(OC/C(=C/F)CN)cc2)sc1N1CCOCC1.Cl. The highest BCUT2D eigenvalue weighted by Gasteiger charge is 2.18. The molecule has 142 valence electrons. The fourth-order valence-corrected chi connectivity index (χ4v) is 3.70. The zero-order valence-corrected chi connectivity index (χ0v) is 16.2. The van der Waals surface area contributed by atoms with Gasteiger partial charge in [0.05, 0.1) is 25.2 Å². The van der Waals surface area contributed by atoms with E-state index in [1.54, 1.807) is 11.3 Å². The lowest BCUT2D eigenvalue weighted by molar-refractivity contribution is 0.123. The summed E-state index contributed by atoms with van der Waals surface area (Å²) in [6.07, 6.45) is 0.500. The molecule has 1 fully saturated rings. The number of morpholine rings is 1. The molecule has 0 bridgehead atoms. The molecular formula is C18H23ClFN3O2S. The highest BCUT2D eigenvalue weighted by molar-refractivity contribution is 7.19. The second-order valence-corrected chi connectivity index (χ2v) is 6.77. The van der Waals surface area contributed by atoms with Crippen LogP contribution in [0, 0.1) is 6.92 Å². The molecule has 26 heavy (non-hydrogen) atoms. The van der Waals surface area contributed by atoms with Gasteiger partial charge < -0.3 is 20.1 Å². The van der Waals surface area contributed by atoms with Crippen molar-refractivity contribution in [3.05, 3.63) is 41.9 Å². The molecule has 0 spiro atoms. The maximum Gasteiger partial charge on any atom is 0.125 e. The van der Waals surface area contributed by atoms with Crippen molar-refractivity contribution in [1.82, 2.24) is 4.98 Å². The van der Waals surface area contributed by atoms with Crippen molar-refractivity contribution < 1.29 is 13.9 Å². The number of anilines is 1. The number of benzene rings is 1. The van der Waals surface area contributed by atoms with Crippen molar-refractivity contribution in [2.75, 3.05) is 44.4 Å². The van der Waals surface area contributed by atoms with Gasteiger partial charge in [-0.25, -0.2) is 9.37 Å². The van der Waals surface area contributed by atoms with Gasteiger partial charge >= 0.3 is 0 Å². The summed E-state index contributed by atoms with van der Waals surface area (Å²) in [4.78, 5) is 7.03. The Balaban J connectivity index is 0.00000243. The van der Waals surface area contributed by atoms with Gasteiger partial charge in [-0.05, 0) is 31.2 Å². The van der Waals surface area contributed by atoms with E-state index in [-0.39, 0.29) is 25.6 Å². The molecule has 0 saturated carbocycles. The summed E-state index contributed by atoms with van der Waals surface area (Å²) in [5.41, 5.74) is 7.93. The van der Waals surface area contributed by atoms with Gasteiger partial charge in [0.2, 0.25) is 0 Å². The molecule has 3 rings (SSSR count). The maximum atomic E-state index is 12.5. The van der Waals surface area contributed by atoms with Crippen LogP contribution in [0.2, 0.25) is 0 Å². The van der Waals surface area contributed by atoms with Gasteiger partial charge in [0.1, 0.15) is 22.4 Å². The highest BCUT2D eigenvalue weighted by Crippen LogP contribution is 2.35. The van der Waals surface area contributed by atoms with Gasteiger partial charge in [-0.2, -0.15) is 0 Å². The topological polar surface area (TPSA) is 60.6 Å². The van der Waals surface area contributed by atoms with Gasteiger partial charge in [0.15, 0.2) is 0 Å². The quantitative estimate of drug-likeness (QED) is 0.804. The first kappa shape index (κ1) is 20.6.